The molecule has 0 unspecified atom stereocenters. The summed E-state index contributed by atoms with van der Waals surface area (Å²) in [4.78, 5) is 16.5. The predicted molar refractivity (Wildman–Crippen MR) is 97.2 cm³/mol. The lowest BCUT2D eigenvalue weighted by Crippen LogP contribution is -2.46. The molecule has 0 radical (unpaired) electrons. The maximum absolute atomic E-state index is 12.5. The normalized spacial score (nSPS) is 16.3. The molecule has 0 aromatic heterocycles. The number of ether oxygens (including phenoxy) is 1. The van der Waals surface area contributed by atoms with Gasteiger partial charge in [-0.1, -0.05) is 23.7 Å². The Morgan fingerprint density at radius 1 is 1.25 bits per heavy atom. The molecular weight excluding hydrogens is 324 g/mol. The van der Waals surface area contributed by atoms with E-state index in [0.717, 1.165) is 24.5 Å². The van der Waals surface area contributed by atoms with Gasteiger partial charge in [0, 0.05) is 24.2 Å². The highest BCUT2D eigenvalue weighted by molar-refractivity contribution is 6.30. The summed E-state index contributed by atoms with van der Waals surface area (Å²) in [5.41, 5.74) is 1.74. The molecule has 1 heterocycles. The second-order valence-corrected chi connectivity index (χ2v) is 6.38. The van der Waals surface area contributed by atoms with E-state index in [9.17, 15) is 4.79 Å². The number of nitrogens with zero attached hydrogens (tertiary/aromatic N) is 2. The quantitative estimate of drug-likeness (QED) is 0.847. The van der Waals surface area contributed by atoms with Crippen molar-refractivity contribution in [2.45, 2.75) is 13.0 Å². The second-order valence-electron chi connectivity index (χ2n) is 5.94. The van der Waals surface area contributed by atoms with Crippen molar-refractivity contribution in [3.05, 3.63) is 59.1 Å². The monoisotopic (exact) mass is 344 g/mol. The van der Waals surface area contributed by atoms with Crippen molar-refractivity contribution in [3.8, 4) is 5.75 Å². The van der Waals surface area contributed by atoms with Gasteiger partial charge in [0.05, 0.1) is 18.8 Å². The molecule has 0 bridgehead atoms. The molecule has 2 aromatic rings. The summed E-state index contributed by atoms with van der Waals surface area (Å²) in [6.07, 6.45) is -0.0545. The van der Waals surface area contributed by atoms with Crippen molar-refractivity contribution in [3.63, 3.8) is 0 Å². The Kier molecular flexibility index (Phi) is 4.95. The number of likely N-dealkylation sites (N-methyl/N-ethyl adjacent to an activating group) is 2. The van der Waals surface area contributed by atoms with Gasteiger partial charge in [0.2, 0.25) is 0 Å². The number of rotatable bonds is 4. The molecule has 0 fully saturated rings. The Morgan fingerprint density at radius 3 is 2.67 bits per heavy atom. The zero-order valence-electron chi connectivity index (χ0n) is 13.9. The van der Waals surface area contributed by atoms with Crippen molar-refractivity contribution in [1.29, 1.82) is 0 Å². The number of hydrogen-bond donors (Lipinski definition) is 0. The van der Waals surface area contributed by atoms with Crippen LogP contribution in [0.1, 0.15) is 17.3 Å². The zero-order chi connectivity index (χ0) is 17.1. The second kappa shape index (κ2) is 7.14. The van der Waals surface area contributed by atoms with Gasteiger partial charge in [-0.15, -0.1) is 0 Å². The van der Waals surface area contributed by atoms with E-state index in [1.165, 1.54) is 0 Å². The largest absolute Gasteiger partial charge is 0.485 e. The number of fused-ring (bicyclic) bond motifs is 1. The number of halogens is 1. The minimum absolute atomic E-state index is 0.0304. The molecule has 1 aliphatic rings. The topological polar surface area (TPSA) is 32.8 Å². The first-order chi connectivity index (χ1) is 11.6. The summed E-state index contributed by atoms with van der Waals surface area (Å²) in [5, 5.41) is 0.625. The SMILES string of the molecule is CCN1C[C@@H](CN(C)C(=O)c2ccc(Cl)cc2)Oc2ccccc21. The third-order valence-electron chi connectivity index (χ3n) is 4.22. The molecule has 1 aliphatic heterocycles. The first kappa shape index (κ1) is 16.7. The van der Waals surface area contributed by atoms with Crippen molar-refractivity contribution in [2.75, 3.05) is 31.6 Å². The van der Waals surface area contributed by atoms with E-state index in [1.807, 2.05) is 18.2 Å². The lowest BCUT2D eigenvalue weighted by Gasteiger charge is -2.37. The van der Waals surface area contributed by atoms with Gasteiger partial charge in [-0.3, -0.25) is 4.79 Å². The molecule has 1 atom stereocenters. The molecule has 1 amide bonds. The van der Waals surface area contributed by atoms with Crippen LogP contribution >= 0.6 is 11.6 Å². The van der Waals surface area contributed by atoms with E-state index in [1.54, 1.807) is 36.2 Å². The number of hydrogen-bond acceptors (Lipinski definition) is 3. The first-order valence-corrected chi connectivity index (χ1v) is 8.48. The highest BCUT2D eigenvalue weighted by Gasteiger charge is 2.26. The van der Waals surface area contributed by atoms with Crippen molar-refractivity contribution < 1.29 is 9.53 Å². The highest BCUT2D eigenvalue weighted by Crippen LogP contribution is 2.32. The third kappa shape index (κ3) is 3.49. The van der Waals surface area contributed by atoms with Crippen LogP contribution in [0, 0.1) is 0 Å². The van der Waals surface area contributed by atoms with Gasteiger partial charge in [-0.25, -0.2) is 0 Å². The highest BCUT2D eigenvalue weighted by atomic mass is 35.5. The molecule has 0 N–H and O–H groups in total. The average molecular weight is 345 g/mol. The number of carbonyl (C=O) groups is 1. The Bertz CT molecular complexity index is 718. The van der Waals surface area contributed by atoms with Crippen LogP contribution in [0.2, 0.25) is 5.02 Å². The van der Waals surface area contributed by atoms with Gasteiger partial charge >= 0.3 is 0 Å². The van der Waals surface area contributed by atoms with E-state index in [-0.39, 0.29) is 12.0 Å². The van der Waals surface area contributed by atoms with Crippen molar-refractivity contribution in [2.24, 2.45) is 0 Å². The molecule has 4 nitrogen and oxygen atoms in total. The minimum atomic E-state index is -0.0545. The van der Waals surface area contributed by atoms with E-state index < -0.39 is 0 Å². The number of amides is 1. The van der Waals surface area contributed by atoms with Crippen LogP contribution in [0.4, 0.5) is 5.69 Å². The summed E-state index contributed by atoms with van der Waals surface area (Å²) in [5.74, 6) is 0.847. The molecule has 5 heteroatoms. The molecule has 0 saturated heterocycles. The first-order valence-electron chi connectivity index (χ1n) is 8.10. The Balaban J connectivity index is 1.70. The van der Waals surface area contributed by atoms with Crippen LogP contribution in [0.15, 0.2) is 48.5 Å². The Labute approximate surface area is 147 Å². The molecule has 0 spiro atoms. The molecule has 0 aliphatic carbocycles. The van der Waals surface area contributed by atoms with Gasteiger partial charge in [0.15, 0.2) is 0 Å². The molecule has 0 saturated carbocycles. The van der Waals surface area contributed by atoms with E-state index >= 15 is 0 Å². The van der Waals surface area contributed by atoms with Gasteiger partial charge in [0.25, 0.3) is 5.91 Å². The van der Waals surface area contributed by atoms with Crippen LogP contribution in [-0.2, 0) is 0 Å². The van der Waals surface area contributed by atoms with Crippen molar-refractivity contribution >= 4 is 23.2 Å². The van der Waals surface area contributed by atoms with E-state index in [0.29, 0.717) is 17.1 Å². The lowest BCUT2D eigenvalue weighted by atomic mass is 10.1. The average Bonchev–Trinajstić information content (AvgIpc) is 2.61. The lowest BCUT2D eigenvalue weighted by molar-refractivity contribution is 0.0709. The molecule has 2 aromatic carbocycles. The Hall–Kier alpha value is -2.20. The molecule has 126 valence electrons. The minimum Gasteiger partial charge on any atom is -0.485 e. The van der Waals surface area contributed by atoms with Crippen LogP contribution < -0.4 is 9.64 Å². The smallest absolute Gasteiger partial charge is 0.253 e. The molecule has 24 heavy (non-hydrogen) atoms. The van der Waals surface area contributed by atoms with E-state index in [4.69, 9.17) is 16.3 Å². The number of para-hydroxylation sites is 2. The maximum Gasteiger partial charge on any atom is 0.253 e. The summed E-state index contributed by atoms with van der Waals surface area (Å²) in [6, 6.07) is 15.0. The van der Waals surface area contributed by atoms with E-state index in [2.05, 4.69) is 17.9 Å². The van der Waals surface area contributed by atoms with Gasteiger partial charge < -0.3 is 14.5 Å². The van der Waals surface area contributed by atoms with Gasteiger partial charge in [-0.2, -0.15) is 0 Å². The standard InChI is InChI=1S/C19H21ClN2O2/c1-3-22-13-16(24-18-7-5-4-6-17(18)22)12-21(2)19(23)14-8-10-15(20)11-9-14/h4-11,16H,3,12-13H2,1-2H3/t16-/m1/s1. The Morgan fingerprint density at radius 2 is 1.96 bits per heavy atom. The summed E-state index contributed by atoms with van der Waals surface area (Å²) < 4.78 is 6.08. The zero-order valence-corrected chi connectivity index (χ0v) is 14.7. The fourth-order valence-corrected chi connectivity index (χ4v) is 3.10. The fraction of sp³-hybridized carbons (Fsp3) is 0.316. The summed E-state index contributed by atoms with van der Waals surface area (Å²) >= 11 is 5.88. The number of anilines is 1. The molecular formula is C19H21ClN2O2. The van der Waals surface area contributed by atoms with Gasteiger partial charge in [-0.05, 0) is 43.3 Å². The number of carbonyl (C=O) groups excluding carboxylic acids is 1. The summed E-state index contributed by atoms with van der Waals surface area (Å²) in [7, 11) is 1.80. The van der Waals surface area contributed by atoms with Crippen LogP contribution in [0.5, 0.6) is 5.75 Å². The molecule has 3 rings (SSSR count). The van der Waals surface area contributed by atoms with Crippen LogP contribution in [0.3, 0.4) is 0 Å². The maximum atomic E-state index is 12.5. The predicted octanol–water partition coefficient (Wildman–Crippen LogP) is 3.70. The fourth-order valence-electron chi connectivity index (χ4n) is 2.97. The third-order valence-corrected chi connectivity index (χ3v) is 4.47. The van der Waals surface area contributed by atoms with Gasteiger partial charge in [0.1, 0.15) is 11.9 Å². The van der Waals surface area contributed by atoms with Crippen LogP contribution in [-0.4, -0.2) is 43.6 Å². The summed E-state index contributed by atoms with van der Waals surface area (Å²) in [6.45, 7) is 4.34. The van der Waals surface area contributed by atoms with Crippen molar-refractivity contribution in [1.82, 2.24) is 4.90 Å². The number of benzene rings is 2. The van der Waals surface area contributed by atoms with Crippen LogP contribution in [0.25, 0.3) is 0 Å².